The lowest BCUT2D eigenvalue weighted by Crippen LogP contribution is -2.29. The first-order valence-corrected chi connectivity index (χ1v) is 11.7. The van der Waals surface area contributed by atoms with E-state index in [0.29, 0.717) is 39.6 Å². The Morgan fingerprint density at radius 2 is 1.91 bits per heavy atom. The first kappa shape index (κ1) is 21.4. The van der Waals surface area contributed by atoms with Crippen molar-refractivity contribution in [2.24, 2.45) is 0 Å². The van der Waals surface area contributed by atoms with Crippen molar-refractivity contribution >= 4 is 56.3 Å². The molecule has 2 amide bonds. The number of benzene rings is 2. The van der Waals surface area contributed by atoms with Gasteiger partial charge in [0.05, 0.1) is 23.1 Å². The lowest BCUT2D eigenvalue weighted by atomic mass is 10.1. The van der Waals surface area contributed by atoms with E-state index in [0.717, 1.165) is 17.5 Å². The Kier molecular flexibility index (Phi) is 5.70. The van der Waals surface area contributed by atoms with Gasteiger partial charge in [-0.3, -0.25) is 19.0 Å². The van der Waals surface area contributed by atoms with Gasteiger partial charge in [0.25, 0.3) is 5.56 Å². The van der Waals surface area contributed by atoms with Crippen LogP contribution in [0.25, 0.3) is 21.3 Å². The number of amides is 2. The van der Waals surface area contributed by atoms with E-state index in [1.165, 1.54) is 22.2 Å². The molecule has 2 aromatic heterocycles. The van der Waals surface area contributed by atoms with E-state index in [4.69, 9.17) is 11.6 Å². The minimum atomic E-state index is -0.374. The summed E-state index contributed by atoms with van der Waals surface area (Å²) >= 11 is 7.37. The Labute approximate surface area is 198 Å². The Balaban J connectivity index is 1.42. The molecule has 1 aliphatic rings. The molecule has 33 heavy (non-hydrogen) atoms. The summed E-state index contributed by atoms with van der Waals surface area (Å²) in [6.45, 7) is 0.428. The van der Waals surface area contributed by atoms with E-state index in [1.54, 1.807) is 29.2 Å². The molecule has 1 saturated heterocycles. The van der Waals surface area contributed by atoms with E-state index < -0.39 is 0 Å². The fraction of sp³-hybridized carbons (Fsp3) is 0.167. The van der Waals surface area contributed by atoms with Gasteiger partial charge in [0.1, 0.15) is 11.4 Å². The number of carbonyl (C=O) groups excluding carboxylic acids is 2. The van der Waals surface area contributed by atoms with Gasteiger partial charge in [0, 0.05) is 28.9 Å². The summed E-state index contributed by atoms with van der Waals surface area (Å²) in [5.41, 5.74) is 2.53. The first-order valence-electron chi connectivity index (χ1n) is 10.4. The Morgan fingerprint density at radius 1 is 1.12 bits per heavy atom. The highest BCUT2D eigenvalue weighted by atomic mass is 35.5. The van der Waals surface area contributed by atoms with Gasteiger partial charge < -0.3 is 10.2 Å². The second kappa shape index (κ2) is 8.80. The number of thiophene rings is 1. The zero-order valence-electron chi connectivity index (χ0n) is 17.5. The average molecular weight is 479 g/mol. The molecule has 3 heterocycles. The van der Waals surface area contributed by atoms with Crippen LogP contribution < -0.4 is 15.8 Å². The molecular formula is C24H19ClN4O3S. The van der Waals surface area contributed by atoms with E-state index in [-0.39, 0.29) is 23.9 Å². The number of halogens is 1. The summed E-state index contributed by atoms with van der Waals surface area (Å²) in [6, 6.07) is 14.4. The van der Waals surface area contributed by atoms with E-state index in [9.17, 15) is 14.4 Å². The van der Waals surface area contributed by atoms with E-state index >= 15 is 0 Å². The third-order valence-electron chi connectivity index (χ3n) is 5.57. The smallest absolute Gasteiger partial charge is 0.263 e. The first-order chi connectivity index (χ1) is 16.0. The quantitative estimate of drug-likeness (QED) is 0.456. The molecule has 0 atom stereocenters. The van der Waals surface area contributed by atoms with Crippen LogP contribution in [0.3, 0.4) is 0 Å². The van der Waals surface area contributed by atoms with E-state index in [1.807, 2.05) is 29.6 Å². The third-order valence-corrected chi connectivity index (χ3v) is 6.71. The summed E-state index contributed by atoms with van der Waals surface area (Å²) in [5, 5.41) is 5.82. The largest absolute Gasteiger partial charge is 0.323 e. The molecule has 2 aromatic carbocycles. The molecule has 1 aliphatic heterocycles. The Bertz CT molecular complexity index is 1430. The fourth-order valence-corrected chi connectivity index (χ4v) is 5.02. The van der Waals surface area contributed by atoms with Crippen molar-refractivity contribution in [2.75, 3.05) is 16.8 Å². The van der Waals surface area contributed by atoms with Crippen LogP contribution in [0.15, 0.2) is 65.0 Å². The zero-order chi connectivity index (χ0) is 22.9. The predicted molar refractivity (Wildman–Crippen MR) is 131 cm³/mol. The van der Waals surface area contributed by atoms with Crippen LogP contribution in [0.1, 0.15) is 12.8 Å². The number of nitrogens with zero attached hydrogens (tertiary/aromatic N) is 3. The molecule has 4 aromatic rings. The molecule has 1 N–H and O–H groups in total. The maximum absolute atomic E-state index is 13.2. The molecule has 0 saturated carbocycles. The minimum absolute atomic E-state index is 0.0368. The van der Waals surface area contributed by atoms with Gasteiger partial charge in [-0.25, -0.2) is 4.98 Å². The molecule has 0 unspecified atom stereocenters. The maximum Gasteiger partial charge on any atom is 0.263 e. The SMILES string of the molecule is O=C(Cn1cnc2scc(-c3ccc(Cl)cc3)c2c1=O)Nc1ccccc1N1CCCC1=O. The van der Waals surface area contributed by atoms with Crippen molar-refractivity contribution in [1.29, 1.82) is 0 Å². The van der Waals surface area contributed by atoms with Crippen LogP contribution in [0.5, 0.6) is 0 Å². The summed E-state index contributed by atoms with van der Waals surface area (Å²) in [5.74, 6) is -0.338. The van der Waals surface area contributed by atoms with Gasteiger partial charge in [-0.2, -0.15) is 0 Å². The summed E-state index contributed by atoms with van der Waals surface area (Å²) in [6.07, 6.45) is 2.68. The second-order valence-corrected chi connectivity index (χ2v) is 9.02. The Morgan fingerprint density at radius 3 is 2.67 bits per heavy atom. The lowest BCUT2D eigenvalue weighted by Gasteiger charge is -2.20. The second-order valence-electron chi connectivity index (χ2n) is 7.73. The highest BCUT2D eigenvalue weighted by Gasteiger charge is 2.24. The highest BCUT2D eigenvalue weighted by molar-refractivity contribution is 7.17. The topological polar surface area (TPSA) is 84.3 Å². The van der Waals surface area contributed by atoms with Gasteiger partial charge in [0.2, 0.25) is 11.8 Å². The van der Waals surface area contributed by atoms with Crippen molar-refractivity contribution in [1.82, 2.24) is 9.55 Å². The average Bonchev–Trinajstić information content (AvgIpc) is 3.43. The van der Waals surface area contributed by atoms with Crippen LogP contribution in [0.4, 0.5) is 11.4 Å². The zero-order valence-corrected chi connectivity index (χ0v) is 19.0. The number of nitrogens with one attached hydrogen (secondary N) is 1. The molecule has 0 spiro atoms. The highest BCUT2D eigenvalue weighted by Crippen LogP contribution is 2.32. The van der Waals surface area contributed by atoms with Crippen molar-refractivity contribution in [3.63, 3.8) is 0 Å². The molecule has 0 radical (unpaired) electrons. The number of carbonyl (C=O) groups is 2. The van der Waals surface area contributed by atoms with Gasteiger partial charge >= 0.3 is 0 Å². The standard InChI is InChI=1S/C24H19ClN4O3S/c25-16-9-7-15(8-10-16)17-13-33-23-22(17)24(32)28(14-26-23)12-20(30)27-18-4-1-2-5-19(18)29-11-3-6-21(29)31/h1-2,4-5,7-10,13-14H,3,6,11-12H2,(H,27,30). The van der Waals surface area contributed by atoms with E-state index in [2.05, 4.69) is 10.3 Å². The number of hydrogen-bond donors (Lipinski definition) is 1. The Hall–Kier alpha value is -3.49. The van der Waals surface area contributed by atoms with Gasteiger partial charge in [0.15, 0.2) is 0 Å². The molecule has 7 nitrogen and oxygen atoms in total. The number of hydrogen-bond acceptors (Lipinski definition) is 5. The maximum atomic E-state index is 13.2. The van der Waals surface area contributed by atoms with Crippen LogP contribution in [-0.4, -0.2) is 27.9 Å². The number of para-hydroxylation sites is 2. The lowest BCUT2D eigenvalue weighted by molar-refractivity contribution is -0.117. The third kappa shape index (κ3) is 4.15. The minimum Gasteiger partial charge on any atom is -0.323 e. The summed E-state index contributed by atoms with van der Waals surface area (Å²) in [7, 11) is 0. The number of rotatable bonds is 5. The summed E-state index contributed by atoms with van der Waals surface area (Å²) < 4.78 is 1.30. The molecule has 9 heteroatoms. The molecule has 5 rings (SSSR count). The van der Waals surface area contributed by atoms with Crippen molar-refractivity contribution in [3.8, 4) is 11.1 Å². The molecule has 0 bridgehead atoms. The van der Waals surface area contributed by atoms with Crippen LogP contribution in [0, 0.1) is 0 Å². The van der Waals surface area contributed by atoms with Crippen LogP contribution >= 0.6 is 22.9 Å². The predicted octanol–water partition coefficient (Wildman–Crippen LogP) is 4.54. The summed E-state index contributed by atoms with van der Waals surface area (Å²) in [4.78, 5) is 44.9. The van der Waals surface area contributed by atoms with Crippen LogP contribution in [-0.2, 0) is 16.1 Å². The normalized spacial score (nSPS) is 13.6. The van der Waals surface area contributed by atoms with Crippen molar-refractivity contribution in [3.05, 3.63) is 75.6 Å². The number of fused-ring (bicyclic) bond motifs is 1. The monoisotopic (exact) mass is 478 g/mol. The number of anilines is 2. The number of aromatic nitrogens is 2. The molecule has 0 aliphatic carbocycles. The van der Waals surface area contributed by atoms with Crippen molar-refractivity contribution < 1.29 is 9.59 Å². The fourth-order valence-electron chi connectivity index (χ4n) is 3.98. The molecule has 166 valence electrons. The van der Waals surface area contributed by atoms with Gasteiger partial charge in [-0.05, 0) is 36.2 Å². The van der Waals surface area contributed by atoms with Crippen molar-refractivity contribution in [2.45, 2.75) is 19.4 Å². The van der Waals surface area contributed by atoms with Gasteiger partial charge in [-0.15, -0.1) is 11.3 Å². The molecular weight excluding hydrogens is 460 g/mol. The van der Waals surface area contributed by atoms with Crippen LogP contribution in [0.2, 0.25) is 5.02 Å². The molecule has 1 fully saturated rings. The van der Waals surface area contributed by atoms with Gasteiger partial charge in [-0.1, -0.05) is 35.9 Å².